The monoisotopic (exact) mass is 432 g/mol. The molecule has 0 aliphatic carbocycles. The molecule has 3 N–H and O–H groups in total. The smallest absolute Gasteiger partial charge is 0.257 e. The van der Waals surface area contributed by atoms with Crippen LogP contribution in [0.15, 0.2) is 48.5 Å². The number of carbonyl (C=O) groups is 2. The van der Waals surface area contributed by atoms with Crippen molar-refractivity contribution in [3.63, 3.8) is 0 Å². The van der Waals surface area contributed by atoms with E-state index in [1.807, 2.05) is 4.90 Å². The molecule has 1 saturated heterocycles. The number of anilines is 3. The Balaban J connectivity index is 1.59. The molecule has 1 heterocycles. The molecule has 0 bridgehead atoms. The number of morpholine rings is 1. The number of nitrogens with zero attached hydrogens (tertiary/aromatic N) is 1. The molecule has 3 rings (SSSR count). The van der Waals surface area contributed by atoms with Crippen LogP contribution in [0.5, 0.6) is 0 Å². The Labute approximate surface area is 175 Å². The van der Waals surface area contributed by atoms with Gasteiger partial charge in [0.1, 0.15) is 0 Å². The maximum absolute atomic E-state index is 12.6. The van der Waals surface area contributed by atoms with Crippen molar-refractivity contribution in [2.45, 2.75) is 0 Å². The molecule has 0 radical (unpaired) electrons. The van der Waals surface area contributed by atoms with Gasteiger partial charge in [-0.2, -0.15) is 0 Å². The van der Waals surface area contributed by atoms with Crippen LogP contribution >= 0.6 is 0 Å². The van der Waals surface area contributed by atoms with E-state index in [9.17, 15) is 18.0 Å². The lowest BCUT2D eigenvalue weighted by Gasteiger charge is -2.25. The summed E-state index contributed by atoms with van der Waals surface area (Å²) in [5.74, 6) is -0.569. The predicted molar refractivity (Wildman–Crippen MR) is 115 cm³/mol. The lowest BCUT2D eigenvalue weighted by Crippen LogP contribution is -2.41. The van der Waals surface area contributed by atoms with Crippen molar-refractivity contribution >= 4 is 38.9 Å². The molecule has 10 heteroatoms. The molecule has 0 aromatic heterocycles. The first kappa shape index (κ1) is 21.8. The van der Waals surface area contributed by atoms with Crippen LogP contribution in [0, 0.1) is 0 Å². The summed E-state index contributed by atoms with van der Waals surface area (Å²) in [6.45, 7) is 3.02. The van der Waals surface area contributed by atoms with Gasteiger partial charge >= 0.3 is 0 Å². The number of hydrogen-bond donors (Lipinski definition) is 3. The maximum atomic E-state index is 12.6. The number of nitrogens with one attached hydrogen (secondary N) is 3. The summed E-state index contributed by atoms with van der Waals surface area (Å²) in [6.07, 6.45) is 1.02. The number of amides is 2. The van der Waals surface area contributed by atoms with Gasteiger partial charge in [0.25, 0.3) is 5.91 Å². The highest BCUT2D eigenvalue weighted by Crippen LogP contribution is 2.19. The van der Waals surface area contributed by atoms with Crippen LogP contribution in [0.1, 0.15) is 10.4 Å². The normalized spacial score (nSPS) is 14.7. The van der Waals surface area contributed by atoms with E-state index in [0.29, 0.717) is 31.1 Å². The molecule has 9 nitrogen and oxygen atoms in total. The first-order chi connectivity index (χ1) is 14.3. The summed E-state index contributed by atoms with van der Waals surface area (Å²) in [7, 11) is -3.51. The van der Waals surface area contributed by atoms with Gasteiger partial charge in [0.05, 0.1) is 37.3 Å². The second kappa shape index (κ2) is 9.70. The minimum absolute atomic E-state index is 0.116. The quantitative estimate of drug-likeness (QED) is 0.612. The third-order valence-electron chi connectivity index (χ3n) is 4.36. The Morgan fingerprint density at radius 2 is 1.57 bits per heavy atom. The summed E-state index contributed by atoms with van der Waals surface area (Å²) < 4.78 is 30.6. The Hall–Kier alpha value is -2.95. The fourth-order valence-corrected chi connectivity index (χ4v) is 3.55. The van der Waals surface area contributed by atoms with E-state index in [1.165, 1.54) is 12.1 Å². The lowest BCUT2D eigenvalue weighted by molar-refractivity contribution is -0.118. The highest BCUT2D eigenvalue weighted by Gasteiger charge is 2.15. The molecule has 0 unspecified atom stereocenters. The van der Waals surface area contributed by atoms with Crippen molar-refractivity contribution in [1.29, 1.82) is 0 Å². The molecule has 30 heavy (non-hydrogen) atoms. The molecule has 0 spiro atoms. The lowest BCUT2D eigenvalue weighted by atomic mass is 10.1. The van der Waals surface area contributed by atoms with E-state index in [1.54, 1.807) is 36.4 Å². The van der Waals surface area contributed by atoms with Crippen LogP contribution in [-0.4, -0.2) is 64.2 Å². The zero-order chi connectivity index (χ0) is 21.6. The van der Waals surface area contributed by atoms with Gasteiger partial charge in [0, 0.05) is 24.5 Å². The van der Waals surface area contributed by atoms with E-state index in [2.05, 4.69) is 15.4 Å². The van der Waals surface area contributed by atoms with E-state index in [4.69, 9.17) is 4.74 Å². The van der Waals surface area contributed by atoms with Crippen molar-refractivity contribution in [3.05, 3.63) is 54.1 Å². The van der Waals surface area contributed by atoms with Crippen molar-refractivity contribution in [2.24, 2.45) is 0 Å². The third-order valence-corrected chi connectivity index (χ3v) is 4.96. The van der Waals surface area contributed by atoms with Gasteiger partial charge in [0.2, 0.25) is 15.9 Å². The van der Waals surface area contributed by atoms with Gasteiger partial charge in [-0.1, -0.05) is 12.1 Å². The maximum Gasteiger partial charge on any atom is 0.257 e. The molecule has 1 aliphatic rings. The van der Waals surface area contributed by atoms with Crippen molar-refractivity contribution in [1.82, 2.24) is 4.90 Å². The summed E-state index contributed by atoms with van der Waals surface area (Å²) >= 11 is 0. The molecule has 1 fully saturated rings. The topological polar surface area (TPSA) is 117 Å². The van der Waals surface area contributed by atoms with Crippen molar-refractivity contribution in [2.75, 3.05) is 54.5 Å². The second-order valence-corrected chi connectivity index (χ2v) is 8.64. The zero-order valence-corrected chi connectivity index (χ0v) is 17.4. The number of carbonyl (C=O) groups excluding carboxylic acids is 2. The number of benzene rings is 2. The van der Waals surface area contributed by atoms with Crippen molar-refractivity contribution < 1.29 is 22.7 Å². The van der Waals surface area contributed by atoms with Gasteiger partial charge in [-0.15, -0.1) is 0 Å². The molecule has 1 aliphatic heterocycles. The van der Waals surface area contributed by atoms with E-state index >= 15 is 0 Å². The van der Waals surface area contributed by atoms with Gasteiger partial charge in [-0.05, 0) is 36.4 Å². The number of para-hydroxylation sites is 1. The number of rotatable bonds is 7. The van der Waals surface area contributed by atoms with Crippen molar-refractivity contribution in [3.8, 4) is 0 Å². The average Bonchev–Trinajstić information content (AvgIpc) is 2.69. The molecule has 2 aromatic rings. The highest BCUT2D eigenvalue weighted by atomic mass is 32.2. The molecule has 160 valence electrons. The molecular weight excluding hydrogens is 408 g/mol. The van der Waals surface area contributed by atoms with Gasteiger partial charge in [-0.25, -0.2) is 8.42 Å². The van der Waals surface area contributed by atoms with E-state index < -0.39 is 15.9 Å². The summed E-state index contributed by atoms with van der Waals surface area (Å²) in [6, 6.07) is 13.0. The largest absolute Gasteiger partial charge is 0.379 e. The molecule has 2 amide bonds. The molecule has 0 saturated carbocycles. The first-order valence-corrected chi connectivity index (χ1v) is 11.3. The predicted octanol–water partition coefficient (Wildman–Crippen LogP) is 1.58. The van der Waals surface area contributed by atoms with Gasteiger partial charge in [0.15, 0.2) is 0 Å². The van der Waals surface area contributed by atoms with E-state index in [0.717, 1.165) is 19.3 Å². The SMILES string of the molecule is CS(=O)(=O)Nc1ccccc1C(=O)Nc1ccc(NC(=O)CN2CCOCC2)cc1. The zero-order valence-electron chi connectivity index (χ0n) is 16.6. The number of ether oxygens (including phenoxy) is 1. The Morgan fingerprint density at radius 3 is 2.20 bits per heavy atom. The first-order valence-electron chi connectivity index (χ1n) is 9.38. The third kappa shape index (κ3) is 6.55. The van der Waals surface area contributed by atoms with Gasteiger partial charge < -0.3 is 15.4 Å². The Kier molecular flexibility index (Phi) is 7.03. The molecule has 2 aromatic carbocycles. The van der Waals surface area contributed by atoms with Gasteiger partial charge in [-0.3, -0.25) is 19.2 Å². The van der Waals surface area contributed by atoms with Crippen LogP contribution in [0.25, 0.3) is 0 Å². The molecule has 0 atom stereocenters. The van der Waals surface area contributed by atoms with Crippen LogP contribution in [-0.2, 0) is 19.6 Å². The second-order valence-electron chi connectivity index (χ2n) is 6.89. The van der Waals surface area contributed by atoms with Crippen LogP contribution < -0.4 is 15.4 Å². The van der Waals surface area contributed by atoms with E-state index in [-0.39, 0.29) is 17.2 Å². The summed E-state index contributed by atoms with van der Waals surface area (Å²) in [5, 5.41) is 5.55. The number of sulfonamides is 1. The molecular formula is C20H24N4O5S. The van der Waals surface area contributed by atoms with Crippen LogP contribution in [0.4, 0.5) is 17.1 Å². The minimum Gasteiger partial charge on any atom is -0.379 e. The Bertz CT molecular complexity index is 1000. The summed E-state index contributed by atoms with van der Waals surface area (Å²) in [5.41, 5.74) is 1.53. The van der Waals surface area contributed by atoms with Crippen LogP contribution in [0.3, 0.4) is 0 Å². The minimum atomic E-state index is -3.51. The fourth-order valence-electron chi connectivity index (χ4n) is 2.97. The highest BCUT2D eigenvalue weighted by molar-refractivity contribution is 7.92. The summed E-state index contributed by atoms with van der Waals surface area (Å²) in [4.78, 5) is 26.8. The standard InChI is InChI=1S/C20H24N4O5S/c1-30(27,28)23-18-5-3-2-4-17(18)20(26)22-16-8-6-15(7-9-16)21-19(25)14-24-10-12-29-13-11-24/h2-9,23H,10-14H2,1H3,(H,21,25)(H,22,26). The van der Waals surface area contributed by atoms with Crippen LogP contribution in [0.2, 0.25) is 0 Å². The Morgan fingerprint density at radius 1 is 0.967 bits per heavy atom. The number of hydrogen-bond acceptors (Lipinski definition) is 6. The average molecular weight is 433 g/mol. The fraction of sp³-hybridized carbons (Fsp3) is 0.300.